The molecule has 0 unspecified atom stereocenters. The van der Waals surface area contributed by atoms with Crippen LogP contribution in [0.2, 0.25) is 0 Å². The molecule has 0 bridgehead atoms. The van der Waals surface area contributed by atoms with Crippen molar-refractivity contribution in [3.05, 3.63) is 12.0 Å². The van der Waals surface area contributed by atoms with Gasteiger partial charge in [0.25, 0.3) is 10.0 Å². The summed E-state index contributed by atoms with van der Waals surface area (Å²) in [6.07, 6.45) is 0.266. The number of aliphatic hydroxyl groups excluding tert-OH is 1. The van der Waals surface area contributed by atoms with Gasteiger partial charge in [-0.25, -0.2) is 13.4 Å². The highest BCUT2D eigenvalue weighted by atomic mass is 32.2. The number of nitrogens with zero attached hydrogens (tertiary/aromatic N) is 1. The van der Waals surface area contributed by atoms with Crippen LogP contribution in [0.25, 0.3) is 0 Å². The topological polar surface area (TPSA) is 132 Å². The lowest BCUT2D eigenvalue weighted by molar-refractivity contribution is -0.141. The lowest BCUT2D eigenvalue weighted by atomic mass is 10.2. The first-order chi connectivity index (χ1) is 8.27. The van der Waals surface area contributed by atoms with Crippen LogP contribution in [0.4, 0.5) is 0 Å². The SMILES string of the molecule is CCc1ncc(S(=O)(=O)N[C@H](C(=O)O)[C@@H](C)O)[nH]1. The third-order valence-corrected chi connectivity index (χ3v) is 3.61. The van der Waals surface area contributed by atoms with E-state index in [1.54, 1.807) is 6.92 Å². The number of H-pyrrole nitrogens is 1. The maximum atomic E-state index is 11.8. The van der Waals surface area contributed by atoms with E-state index in [9.17, 15) is 18.3 Å². The van der Waals surface area contributed by atoms with Crippen LogP contribution in [-0.4, -0.2) is 46.7 Å². The first-order valence-corrected chi connectivity index (χ1v) is 6.73. The fourth-order valence-electron chi connectivity index (χ4n) is 1.25. The van der Waals surface area contributed by atoms with Crippen molar-refractivity contribution in [1.82, 2.24) is 14.7 Å². The number of aromatic nitrogens is 2. The average Bonchev–Trinajstić information content (AvgIpc) is 2.74. The van der Waals surface area contributed by atoms with Gasteiger partial charge in [0.05, 0.1) is 12.3 Å². The summed E-state index contributed by atoms with van der Waals surface area (Å²) >= 11 is 0. The number of rotatable bonds is 6. The monoisotopic (exact) mass is 277 g/mol. The molecule has 4 N–H and O–H groups in total. The molecule has 0 aliphatic rings. The number of hydrogen-bond donors (Lipinski definition) is 4. The molecule has 0 radical (unpaired) electrons. The van der Waals surface area contributed by atoms with E-state index in [-0.39, 0.29) is 5.03 Å². The van der Waals surface area contributed by atoms with Crippen molar-refractivity contribution < 1.29 is 23.4 Å². The Kier molecular flexibility index (Phi) is 4.43. The van der Waals surface area contributed by atoms with Crippen LogP contribution in [-0.2, 0) is 21.2 Å². The van der Waals surface area contributed by atoms with Crippen molar-refractivity contribution >= 4 is 16.0 Å². The number of nitrogens with one attached hydrogen (secondary N) is 2. The summed E-state index contributed by atoms with van der Waals surface area (Å²) in [5.41, 5.74) is 0. The van der Waals surface area contributed by atoms with Gasteiger partial charge in [-0.1, -0.05) is 6.92 Å². The molecule has 0 saturated heterocycles. The van der Waals surface area contributed by atoms with Gasteiger partial charge >= 0.3 is 5.97 Å². The molecular weight excluding hydrogens is 262 g/mol. The average molecular weight is 277 g/mol. The Morgan fingerprint density at radius 3 is 2.61 bits per heavy atom. The largest absolute Gasteiger partial charge is 0.480 e. The number of aryl methyl sites for hydroxylation is 1. The molecule has 9 heteroatoms. The van der Waals surface area contributed by atoms with E-state index in [0.29, 0.717) is 12.2 Å². The molecule has 1 heterocycles. The fraction of sp³-hybridized carbons (Fsp3) is 0.556. The zero-order valence-electron chi connectivity index (χ0n) is 9.91. The summed E-state index contributed by atoms with van der Waals surface area (Å²) in [5.74, 6) is -0.983. The predicted molar refractivity (Wildman–Crippen MR) is 61.4 cm³/mol. The van der Waals surface area contributed by atoms with Gasteiger partial charge in [-0.2, -0.15) is 4.72 Å². The molecule has 8 nitrogen and oxygen atoms in total. The number of hydrogen-bond acceptors (Lipinski definition) is 5. The Hall–Kier alpha value is -1.45. The number of carboxylic acids is 1. The number of aliphatic carboxylic acids is 1. The van der Waals surface area contributed by atoms with Gasteiger partial charge in [-0.3, -0.25) is 4.79 Å². The second kappa shape index (κ2) is 5.46. The Balaban J connectivity index is 2.96. The number of imidazole rings is 1. The molecule has 1 rings (SSSR count). The first kappa shape index (κ1) is 14.6. The van der Waals surface area contributed by atoms with Gasteiger partial charge in [-0.05, 0) is 6.92 Å². The summed E-state index contributed by atoms with van der Waals surface area (Å²) in [4.78, 5) is 17.2. The Labute approximate surface area is 104 Å². The number of aliphatic hydroxyl groups is 1. The van der Waals surface area contributed by atoms with E-state index in [4.69, 9.17) is 5.11 Å². The van der Waals surface area contributed by atoms with Crippen molar-refractivity contribution in [2.24, 2.45) is 0 Å². The summed E-state index contributed by atoms with van der Waals surface area (Å²) in [7, 11) is -4.05. The first-order valence-electron chi connectivity index (χ1n) is 5.25. The number of sulfonamides is 1. The maximum Gasteiger partial charge on any atom is 0.324 e. The van der Waals surface area contributed by atoms with Crippen LogP contribution in [0.1, 0.15) is 19.7 Å². The number of aromatic amines is 1. The molecule has 18 heavy (non-hydrogen) atoms. The minimum atomic E-state index is -4.05. The summed E-state index contributed by atoms with van der Waals surface area (Å²) in [6.45, 7) is 2.98. The molecule has 0 saturated carbocycles. The van der Waals surface area contributed by atoms with Crippen molar-refractivity contribution in [3.63, 3.8) is 0 Å². The molecule has 1 aromatic rings. The molecule has 0 fully saturated rings. The highest BCUT2D eigenvalue weighted by Crippen LogP contribution is 2.08. The normalized spacial score (nSPS) is 15.3. The third-order valence-electron chi connectivity index (χ3n) is 2.26. The molecule has 0 aliphatic heterocycles. The van der Waals surface area contributed by atoms with Crippen molar-refractivity contribution in [3.8, 4) is 0 Å². The second-order valence-electron chi connectivity index (χ2n) is 3.73. The van der Waals surface area contributed by atoms with E-state index >= 15 is 0 Å². The zero-order chi connectivity index (χ0) is 13.9. The van der Waals surface area contributed by atoms with Crippen molar-refractivity contribution in [2.45, 2.75) is 37.4 Å². The van der Waals surface area contributed by atoms with Crippen LogP contribution in [0.15, 0.2) is 11.2 Å². The molecular formula is C9H15N3O5S. The van der Waals surface area contributed by atoms with Gasteiger partial charge in [-0.15, -0.1) is 0 Å². The van der Waals surface area contributed by atoms with Crippen LogP contribution in [0, 0.1) is 0 Å². The van der Waals surface area contributed by atoms with Crippen molar-refractivity contribution in [1.29, 1.82) is 0 Å². The van der Waals surface area contributed by atoms with Crippen LogP contribution >= 0.6 is 0 Å². The zero-order valence-corrected chi connectivity index (χ0v) is 10.7. The number of carbonyl (C=O) groups is 1. The molecule has 1 aromatic heterocycles. The molecule has 0 spiro atoms. The molecule has 0 aliphatic carbocycles. The minimum absolute atomic E-state index is 0.230. The van der Waals surface area contributed by atoms with E-state index < -0.39 is 28.1 Å². The van der Waals surface area contributed by atoms with Crippen molar-refractivity contribution in [2.75, 3.05) is 0 Å². The van der Waals surface area contributed by atoms with Gasteiger partial charge in [0, 0.05) is 6.42 Å². The summed E-state index contributed by atoms with van der Waals surface area (Å²) in [5, 5.41) is 17.8. The molecule has 102 valence electrons. The van der Waals surface area contributed by atoms with E-state index in [1.165, 1.54) is 6.92 Å². The van der Waals surface area contributed by atoms with Gasteiger partial charge in [0.15, 0.2) is 5.03 Å². The van der Waals surface area contributed by atoms with Gasteiger partial charge in [0.1, 0.15) is 11.9 Å². The fourth-order valence-corrected chi connectivity index (χ4v) is 2.45. The molecule has 0 aromatic carbocycles. The lowest BCUT2D eigenvalue weighted by Crippen LogP contribution is -2.47. The van der Waals surface area contributed by atoms with E-state index in [2.05, 4.69) is 9.97 Å². The highest BCUT2D eigenvalue weighted by Gasteiger charge is 2.30. The molecule has 2 atom stereocenters. The van der Waals surface area contributed by atoms with Gasteiger partial charge < -0.3 is 15.2 Å². The maximum absolute atomic E-state index is 11.8. The predicted octanol–water partition coefficient (Wildman–Crippen LogP) is -0.916. The minimum Gasteiger partial charge on any atom is -0.480 e. The highest BCUT2D eigenvalue weighted by molar-refractivity contribution is 7.89. The Morgan fingerprint density at radius 2 is 2.22 bits per heavy atom. The van der Waals surface area contributed by atoms with E-state index in [1.807, 2.05) is 4.72 Å². The standard InChI is InChI=1S/C9H15N3O5S/c1-3-6-10-4-7(11-6)18(16,17)12-8(5(2)13)9(14)15/h4-5,8,12-13H,3H2,1-2H3,(H,10,11)(H,14,15)/t5-,8+/m1/s1. The summed E-state index contributed by atoms with van der Waals surface area (Å²) in [6, 6.07) is -1.61. The van der Waals surface area contributed by atoms with Crippen LogP contribution in [0.3, 0.4) is 0 Å². The molecule has 0 amide bonds. The van der Waals surface area contributed by atoms with Gasteiger partial charge in [0.2, 0.25) is 0 Å². The Bertz CT molecular complexity index is 522. The number of carboxylic acid groups (broad SMARTS) is 1. The quantitative estimate of drug-likeness (QED) is 0.532. The van der Waals surface area contributed by atoms with E-state index in [0.717, 1.165) is 6.20 Å². The Morgan fingerprint density at radius 1 is 1.61 bits per heavy atom. The lowest BCUT2D eigenvalue weighted by Gasteiger charge is -2.16. The second-order valence-corrected chi connectivity index (χ2v) is 5.41. The van der Waals surface area contributed by atoms with Crippen LogP contribution < -0.4 is 4.72 Å². The smallest absolute Gasteiger partial charge is 0.324 e. The summed E-state index contributed by atoms with van der Waals surface area (Å²) < 4.78 is 25.5. The third kappa shape index (κ3) is 3.28. The van der Waals surface area contributed by atoms with Crippen LogP contribution in [0.5, 0.6) is 0 Å².